The van der Waals surface area contributed by atoms with Crippen LogP contribution in [0.4, 0.5) is 0 Å². The molecule has 1 aliphatic heterocycles. The fraction of sp³-hybridized carbons (Fsp3) is 0.889. The number of carbonyl (C=O) groups is 1. The fourth-order valence-electron chi connectivity index (χ4n) is 1.64. The number of nitrogens with zero attached hydrogens (tertiary/aromatic N) is 1. The van der Waals surface area contributed by atoms with Gasteiger partial charge in [0.15, 0.2) is 0 Å². The van der Waals surface area contributed by atoms with E-state index in [9.17, 15) is 9.90 Å². The van der Waals surface area contributed by atoms with Crippen LogP contribution in [0.1, 0.15) is 20.8 Å². The molecule has 0 spiro atoms. The number of carbonyl (C=O) groups excluding carboxylic acids is 1. The van der Waals surface area contributed by atoms with E-state index in [1.807, 2.05) is 0 Å². The summed E-state index contributed by atoms with van der Waals surface area (Å²) in [5, 5.41) is 12.3. The summed E-state index contributed by atoms with van der Waals surface area (Å²) in [6, 6.07) is 0.327. The van der Waals surface area contributed by atoms with E-state index in [0.717, 1.165) is 6.54 Å². The third-order valence-corrected chi connectivity index (χ3v) is 2.44. The zero-order valence-corrected chi connectivity index (χ0v) is 8.45. The molecule has 0 radical (unpaired) electrons. The average Bonchev–Trinajstić information content (AvgIpc) is 2.31. The summed E-state index contributed by atoms with van der Waals surface area (Å²) in [6.07, 6.45) is -0.425. The smallest absolute Gasteiger partial charge is 0.217 e. The number of hydrogen-bond donors (Lipinski definition) is 2. The van der Waals surface area contributed by atoms with Crippen molar-refractivity contribution in [3.05, 3.63) is 0 Å². The Morgan fingerprint density at radius 2 is 2.15 bits per heavy atom. The van der Waals surface area contributed by atoms with Crippen molar-refractivity contribution in [1.29, 1.82) is 0 Å². The van der Waals surface area contributed by atoms with Gasteiger partial charge in [0.05, 0.1) is 12.1 Å². The second-order valence-electron chi connectivity index (χ2n) is 3.92. The van der Waals surface area contributed by atoms with Gasteiger partial charge < -0.3 is 10.4 Å². The monoisotopic (exact) mass is 186 g/mol. The molecule has 0 bridgehead atoms. The van der Waals surface area contributed by atoms with Gasteiger partial charge in [0.2, 0.25) is 5.91 Å². The Kier molecular flexibility index (Phi) is 3.27. The molecule has 0 aromatic heterocycles. The van der Waals surface area contributed by atoms with Crippen LogP contribution in [0.25, 0.3) is 0 Å². The van der Waals surface area contributed by atoms with Gasteiger partial charge in [-0.2, -0.15) is 0 Å². The van der Waals surface area contributed by atoms with Gasteiger partial charge in [-0.15, -0.1) is 0 Å². The minimum absolute atomic E-state index is 0.0744. The highest BCUT2D eigenvalue weighted by Crippen LogP contribution is 2.12. The van der Waals surface area contributed by atoms with Crippen molar-refractivity contribution in [3.8, 4) is 0 Å². The largest absolute Gasteiger partial charge is 0.390 e. The lowest BCUT2D eigenvalue weighted by Crippen LogP contribution is -2.41. The molecule has 0 aromatic carbocycles. The minimum atomic E-state index is -0.425. The van der Waals surface area contributed by atoms with Gasteiger partial charge in [-0.3, -0.25) is 9.69 Å². The first-order valence-electron chi connectivity index (χ1n) is 4.70. The average molecular weight is 186 g/mol. The van der Waals surface area contributed by atoms with Crippen LogP contribution < -0.4 is 5.32 Å². The molecule has 2 atom stereocenters. The normalized spacial score (nSPS) is 29.6. The lowest BCUT2D eigenvalue weighted by molar-refractivity contribution is -0.120. The van der Waals surface area contributed by atoms with Crippen molar-refractivity contribution in [2.75, 3.05) is 13.1 Å². The zero-order valence-electron chi connectivity index (χ0n) is 8.45. The second-order valence-corrected chi connectivity index (χ2v) is 3.92. The third-order valence-electron chi connectivity index (χ3n) is 2.44. The van der Waals surface area contributed by atoms with E-state index in [2.05, 4.69) is 24.1 Å². The topological polar surface area (TPSA) is 52.6 Å². The summed E-state index contributed by atoms with van der Waals surface area (Å²) < 4.78 is 0. The van der Waals surface area contributed by atoms with Gasteiger partial charge in [0, 0.05) is 26.1 Å². The summed E-state index contributed by atoms with van der Waals surface area (Å²) in [5.41, 5.74) is 0. The van der Waals surface area contributed by atoms with Crippen molar-refractivity contribution in [1.82, 2.24) is 10.2 Å². The Morgan fingerprint density at radius 3 is 2.54 bits per heavy atom. The highest BCUT2D eigenvalue weighted by atomic mass is 16.3. The molecule has 1 rings (SSSR count). The van der Waals surface area contributed by atoms with Crippen molar-refractivity contribution >= 4 is 5.91 Å². The lowest BCUT2D eigenvalue weighted by Gasteiger charge is -2.19. The van der Waals surface area contributed by atoms with Gasteiger partial charge in [-0.05, 0) is 13.8 Å². The highest BCUT2D eigenvalue weighted by molar-refractivity contribution is 5.73. The number of β-amino-alcohol motifs (C(OH)–C–C–N with tert-alkyl or cyclic N) is 1. The molecule has 2 unspecified atom stereocenters. The SMILES string of the molecule is CC(=O)NC1CN(C(C)C)CC1O. The molecule has 1 fully saturated rings. The maximum Gasteiger partial charge on any atom is 0.217 e. The van der Waals surface area contributed by atoms with Crippen LogP contribution in [-0.2, 0) is 4.79 Å². The lowest BCUT2D eigenvalue weighted by atomic mass is 10.2. The minimum Gasteiger partial charge on any atom is -0.390 e. The molecular weight excluding hydrogens is 168 g/mol. The van der Waals surface area contributed by atoms with Gasteiger partial charge >= 0.3 is 0 Å². The van der Waals surface area contributed by atoms with Crippen LogP contribution >= 0.6 is 0 Å². The van der Waals surface area contributed by atoms with E-state index in [0.29, 0.717) is 12.6 Å². The number of rotatable bonds is 2. The Bertz CT molecular complexity index is 194. The first-order chi connectivity index (χ1) is 6.00. The Labute approximate surface area is 78.9 Å². The van der Waals surface area contributed by atoms with Crippen LogP contribution in [-0.4, -0.2) is 47.2 Å². The van der Waals surface area contributed by atoms with E-state index in [4.69, 9.17) is 0 Å². The Hall–Kier alpha value is -0.610. The Morgan fingerprint density at radius 1 is 1.54 bits per heavy atom. The summed E-state index contributed by atoms with van der Waals surface area (Å²) in [7, 11) is 0. The van der Waals surface area contributed by atoms with E-state index in [-0.39, 0.29) is 11.9 Å². The predicted molar refractivity (Wildman–Crippen MR) is 50.3 cm³/mol. The molecular formula is C9H18N2O2. The van der Waals surface area contributed by atoms with Gasteiger partial charge in [0.25, 0.3) is 0 Å². The Balaban J connectivity index is 2.46. The summed E-state index contributed by atoms with van der Waals surface area (Å²) in [6.45, 7) is 7.05. The van der Waals surface area contributed by atoms with E-state index < -0.39 is 6.10 Å². The maximum atomic E-state index is 10.8. The first kappa shape index (κ1) is 10.5. The molecule has 1 aliphatic rings. The molecule has 76 valence electrons. The van der Waals surface area contributed by atoms with Crippen molar-refractivity contribution < 1.29 is 9.90 Å². The molecule has 1 amide bonds. The van der Waals surface area contributed by atoms with E-state index in [1.54, 1.807) is 0 Å². The van der Waals surface area contributed by atoms with Crippen molar-refractivity contribution in [2.45, 2.75) is 39.0 Å². The summed E-state index contributed by atoms with van der Waals surface area (Å²) in [5.74, 6) is -0.0744. The standard InChI is InChI=1S/C9H18N2O2/c1-6(2)11-4-8(9(13)5-11)10-7(3)12/h6,8-9,13H,4-5H2,1-3H3,(H,10,12). The number of amides is 1. The van der Waals surface area contributed by atoms with Crippen LogP contribution in [0.5, 0.6) is 0 Å². The van der Waals surface area contributed by atoms with Crippen LogP contribution in [0.15, 0.2) is 0 Å². The molecule has 4 nitrogen and oxygen atoms in total. The second kappa shape index (κ2) is 4.07. The molecule has 2 N–H and O–H groups in total. The molecule has 13 heavy (non-hydrogen) atoms. The molecule has 0 aliphatic carbocycles. The van der Waals surface area contributed by atoms with Crippen LogP contribution in [0, 0.1) is 0 Å². The predicted octanol–water partition coefficient (Wildman–Crippen LogP) is -0.424. The molecule has 0 saturated carbocycles. The van der Waals surface area contributed by atoms with Crippen molar-refractivity contribution in [2.24, 2.45) is 0 Å². The van der Waals surface area contributed by atoms with Gasteiger partial charge in [-0.1, -0.05) is 0 Å². The number of aliphatic hydroxyl groups excluding tert-OH is 1. The third kappa shape index (κ3) is 2.67. The van der Waals surface area contributed by atoms with Crippen LogP contribution in [0.3, 0.4) is 0 Å². The number of aliphatic hydroxyl groups is 1. The molecule has 1 heterocycles. The molecule has 4 heteroatoms. The highest BCUT2D eigenvalue weighted by Gasteiger charge is 2.32. The molecule has 1 saturated heterocycles. The quantitative estimate of drug-likeness (QED) is 0.615. The van der Waals surface area contributed by atoms with Gasteiger partial charge in [0.1, 0.15) is 0 Å². The molecule has 0 aromatic rings. The fourth-order valence-corrected chi connectivity index (χ4v) is 1.64. The van der Waals surface area contributed by atoms with E-state index in [1.165, 1.54) is 6.92 Å². The van der Waals surface area contributed by atoms with Gasteiger partial charge in [-0.25, -0.2) is 0 Å². The summed E-state index contributed by atoms with van der Waals surface area (Å²) in [4.78, 5) is 12.9. The zero-order chi connectivity index (χ0) is 10.0. The summed E-state index contributed by atoms with van der Waals surface area (Å²) >= 11 is 0. The number of nitrogens with one attached hydrogen (secondary N) is 1. The number of hydrogen-bond acceptors (Lipinski definition) is 3. The van der Waals surface area contributed by atoms with E-state index >= 15 is 0 Å². The number of likely N-dealkylation sites (tertiary alicyclic amines) is 1. The van der Waals surface area contributed by atoms with Crippen molar-refractivity contribution in [3.63, 3.8) is 0 Å². The maximum absolute atomic E-state index is 10.8. The van der Waals surface area contributed by atoms with Crippen LogP contribution in [0.2, 0.25) is 0 Å². The first-order valence-corrected chi connectivity index (χ1v) is 4.70.